The molecule has 2 aromatic carbocycles. The number of para-hydroxylation sites is 2. The lowest BCUT2D eigenvalue weighted by atomic mass is 10.1. The van der Waals surface area contributed by atoms with E-state index in [4.69, 9.17) is 14.2 Å². The molecule has 0 aliphatic carbocycles. The third-order valence-corrected chi connectivity index (χ3v) is 5.75. The Bertz CT molecular complexity index is 841. The first-order valence-corrected chi connectivity index (χ1v) is 9.70. The van der Waals surface area contributed by atoms with Gasteiger partial charge in [-0.2, -0.15) is 0 Å². The zero-order valence-electron chi connectivity index (χ0n) is 15.7. The average molecular weight is 379 g/mol. The van der Waals surface area contributed by atoms with E-state index in [1.807, 2.05) is 12.1 Å². The molecule has 0 aromatic heterocycles. The second-order valence-corrected chi connectivity index (χ2v) is 7.73. The maximum atomic E-state index is 12.8. The van der Waals surface area contributed by atoms with E-state index in [0.29, 0.717) is 28.4 Å². The second-order valence-electron chi connectivity index (χ2n) is 6.07. The van der Waals surface area contributed by atoms with Gasteiger partial charge in [0.1, 0.15) is 12.4 Å². The van der Waals surface area contributed by atoms with E-state index in [-0.39, 0.29) is 11.5 Å². The highest BCUT2D eigenvalue weighted by atomic mass is 32.2. The Morgan fingerprint density at radius 2 is 1.58 bits per heavy atom. The Morgan fingerprint density at radius 3 is 2.12 bits per heavy atom. The van der Waals surface area contributed by atoms with E-state index in [9.17, 15) is 8.42 Å². The van der Waals surface area contributed by atoms with Crippen molar-refractivity contribution < 1.29 is 22.6 Å². The smallest absolute Gasteiger partial charge is 0.241 e. The van der Waals surface area contributed by atoms with Crippen LogP contribution in [0.5, 0.6) is 17.2 Å². The molecule has 0 saturated carbocycles. The number of hydrogen-bond donors (Lipinski definition) is 1. The maximum absolute atomic E-state index is 12.8. The van der Waals surface area contributed by atoms with Gasteiger partial charge in [0.05, 0.1) is 25.2 Å². The van der Waals surface area contributed by atoms with Gasteiger partial charge in [0.25, 0.3) is 0 Å². The lowest BCUT2D eigenvalue weighted by Gasteiger charge is -2.18. The summed E-state index contributed by atoms with van der Waals surface area (Å²) in [5.74, 6) is 1.80. The molecule has 0 bridgehead atoms. The summed E-state index contributed by atoms with van der Waals surface area (Å²) in [7, 11) is -0.570. The van der Waals surface area contributed by atoms with Crippen LogP contribution >= 0.6 is 0 Å². The SMILES string of the molecule is COc1cc(C)c(S(=O)(=O)NC(C)COc2ccccc2OC)c(C)c1. The van der Waals surface area contributed by atoms with Gasteiger partial charge in [0.2, 0.25) is 10.0 Å². The summed E-state index contributed by atoms with van der Waals surface area (Å²) in [6, 6.07) is 10.2. The number of rotatable bonds is 8. The fraction of sp³-hybridized carbons (Fsp3) is 0.368. The third kappa shape index (κ3) is 4.68. The minimum Gasteiger partial charge on any atom is -0.497 e. The highest BCUT2D eigenvalue weighted by molar-refractivity contribution is 7.89. The molecular formula is C19H25NO5S. The monoisotopic (exact) mass is 379 g/mol. The summed E-state index contributed by atoms with van der Waals surface area (Å²) in [6.45, 7) is 5.43. The standard InChI is InChI=1S/C19H25NO5S/c1-13-10-16(23-4)11-14(2)19(13)26(21,22)20-15(3)12-25-18-9-7-6-8-17(18)24-5/h6-11,15,20H,12H2,1-5H3. The van der Waals surface area contributed by atoms with Crippen LogP contribution in [-0.4, -0.2) is 35.3 Å². The number of benzene rings is 2. The maximum Gasteiger partial charge on any atom is 0.241 e. The highest BCUT2D eigenvalue weighted by Crippen LogP contribution is 2.27. The molecule has 2 aromatic rings. The van der Waals surface area contributed by atoms with Crippen LogP contribution in [0.15, 0.2) is 41.3 Å². The van der Waals surface area contributed by atoms with E-state index in [0.717, 1.165) is 0 Å². The summed E-state index contributed by atoms with van der Waals surface area (Å²) in [6.07, 6.45) is 0. The molecule has 0 amide bonds. The number of methoxy groups -OCH3 is 2. The Hall–Kier alpha value is -2.25. The van der Waals surface area contributed by atoms with E-state index < -0.39 is 16.1 Å². The molecule has 1 unspecified atom stereocenters. The van der Waals surface area contributed by atoms with Gasteiger partial charge in [0, 0.05) is 0 Å². The van der Waals surface area contributed by atoms with Crippen LogP contribution in [0, 0.1) is 13.8 Å². The average Bonchev–Trinajstić information content (AvgIpc) is 2.58. The molecule has 6 nitrogen and oxygen atoms in total. The Balaban J connectivity index is 2.12. The van der Waals surface area contributed by atoms with Crippen molar-refractivity contribution in [1.29, 1.82) is 0 Å². The molecule has 142 valence electrons. The molecule has 1 N–H and O–H groups in total. The first kappa shape index (κ1) is 20.1. The van der Waals surface area contributed by atoms with Gasteiger partial charge in [-0.1, -0.05) is 12.1 Å². The number of hydrogen-bond acceptors (Lipinski definition) is 5. The zero-order valence-corrected chi connectivity index (χ0v) is 16.5. The van der Waals surface area contributed by atoms with Crippen molar-refractivity contribution >= 4 is 10.0 Å². The summed E-state index contributed by atoms with van der Waals surface area (Å²) in [5.41, 5.74) is 1.26. The molecule has 0 aliphatic rings. The molecule has 0 saturated heterocycles. The molecule has 7 heteroatoms. The van der Waals surface area contributed by atoms with Crippen LogP contribution in [0.4, 0.5) is 0 Å². The van der Waals surface area contributed by atoms with Gasteiger partial charge in [0.15, 0.2) is 11.5 Å². The fourth-order valence-corrected chi connectivity index (χ4v) is 4.44. The molecule has 0 heterocycles. The van der Waals surface area contributed by atoms with E-state index in [2.05, 4.69) is 4.72 Å². The van der Waals surface area contributed by atoms with Crippen LogP contribution in [0.2, 0.25) is 0 Å². The van der Waals surface area contributed by atoms with Crippen molar-refractivity contribution in [3.8, 4) is 17.2 Å². The van der Waals surface area contributed by atoms with Gasteiger partial charge >= 0.3 is 0 Å². The molecule has 26 heavy (non-hydrogen) atoms. The largest absolute Gasteiger partial charge is 0.497 e. The first-order chi connectivity index (χ1) is 12.3. The lowest BCUT2D eigenvalue weighted by Crippen LogP contribution is -2.37. The minimum atomic E-state index is -3.68. The van der Waals surface area contributed by atoms with Crippen molar-refractivity contribution in [2.45, 2.75) is 31.7 Å². The Kier molecular flexibility index (Phi) is 6.50. The van der Waals surface area contributed by atoms with Crippen molar-refractivity contribution in [2.24, 2.45) is 0 Å². The fourth-order valence-electron chi connectivity index (χ4n) is 2.76. The van der Waals surface area contributed by atoms with E-state index in [1.165, 1.54) is 0 Å². The molecule has 0 radical (unpaired) electrons. The van der Waals surface area contributed by atoms with Crippen LogP contribution in [-0.2, 0) is 10.0 Å². The number of sulfonamides is 1. The van der Waals surface area contributed by atoms with Gasteiger partial charge in [-0.05, 0) is 56.2 Å². The molecule has 0 fully saturated rings. The molecule has 0 spiro atoms. The van der Waals surface area contributed by atoms with Gasteiger partial charge < -0.3 is 14.2 Å². The summed E-state index contributed by atoms with van der Waals surface area (Å²) in [5, 5.41) is 0. The second kappa shape index (κ2) is 8.42. The molecule has 2 rings (SSSR count). The van der Waals surface area contributed by atoms with Crippen LogP contribution < -0.4 is 18.9 Å². The third-order valence-electron chi connectivity index (χ3n) is 3.85. The molecule has 0 aliphatic heterocycles. The van der Waals surface area contributed by atoms with Crippen LogP contribution in [0.25, 0.3) is 0 Å². The summed E-state index contributed by atoms with van der Waals surface area (Å²) < 4.78 is 44.3. The summed E-state index contributed by atoms with van der Waals surface area (Å²) >= 11 is 0. The number of nitrogens with one attached hydrogen (secondary N) is 1. The number of ether oxygens (including phenoxy) is 3. The van der Waals surface area contributed by atoms with Gasteiger partial charge in [-0.15, -0.1) is 0 Å². The Morgan fingerprint density at radius 1 is 1.00 bits per heavy atom. The zero-order chi connectivity index (χ0) is 19.3. The van der Waals surface area contributed by atoms with Crippen LogP contribution in [0.3, 0.4) is 0 Å². The molecular weight excluding hydrogens is 354 g/mol. The molecule has 1 atom stereocenters. The Labute approximate surface area is 155 Å². The summed E-state index contributed by atoms with van der Waals surface area (Å²) in [4.78, 5) is 0.266. The van der Waals surface area contributed by atoms with Crippen molar-refractivity contribution in [3.63, 3.8) is 0 Å². The predicted molar refractivity (Wildman–Crippen MR) is 101 cm³/mol. The quantitative estimate of drug-likeness (QED) is 0.763. The van der Waals surface area contributed by atoms with Crippen LogP contribution in [0.1, 0.15) is 18.1 Å². The van der Waals surface area contributed by atoms with E-state index >= 15 is 0 Å². The normalized spacial score (nSPS) is 12.5. The van der Waals surface area contributed by atoms with Crippen molar-refractivity contribution in [2.75, 3.05) is 20.8 Å². The predicted octanol–water partition coefficient (Wildman–Crippen LogP) is 3.07. The topological polar surface area (TPSA) is 73.9 Å². The van der Waals surface area contributed by atoms with Crippen molar-refractivity contribution in [1.82, 2.24) is 4.72 Å². The van der Waals surface area contributed by atoms with Gasteiger partial charge in [-0.3, -0.25) is 0 Å². The lowest BCUT2D eigenvalue weighted by molar-refractivity contribution is 0.271. The van der Waals surface area contributed by atoms with Crippen molar-refractivity contribution in [3.05, 3.63) is 47.5 Å². The van der Waals surface area contributed by atoms with E-state index in [1.54, 1.807) is 59.3 Å². The highest BCUT2D eigenvalue weighted by Gasteiger charge is 2.23. The minimum absolute atomic E-state index is 0.174. The first-order valence-electron chi connectivity index (χ1n) is 8.22. The van der Waals surface area contributed by atoms with Gasteiger partial charge in [-0.25, -0.2) is 13.1 Å². The number of aryl methyl sites for hydroxylation is 2.